The summed E-state index contributed by atoms with van der Waals surface area (Å²) in [6.07, 6.45) is 7.04. The molecule has 176 valence electrons. The van der Waals surface area contributed by atoms with E-state index < -0.39 is 5.82 Å². The van der Waals surface area contributed by atoms with Crippen LogP contribution in [-0.2, 0) is 4.79 Å². The molecule has 2 aliphatic heterocycles. The molecule has 1 amide bonds. The lowest BCUT2D eigenvalue weighted by atomic mass is 9.84. The van der Waals surface area contributed by atoms with Crippen molar-refractivity contribution < 1.29 is 14.3 Å². The zero-order chi connectivity index (χ0) is 24.0. The van der Waals surface area contributed by atoms with Gasteiger partial charge in [0.05, 0.1) is 5.69 Å². The number of amides is 1. The van der Waals surface area contributed by atoms with Gasteiger partial charge >= 0.3 is 0 Å². The zero-order valence-electron chi connectivity index (χ0n) is 19.9. The van der Waals surface area contributed by atoms with Gasteiger partial charge < -0.3 is 20.2 Å². The van der Waals surface area contributed by atoms with Crippen LogP contribution in [0, 0.1) is 5.82 Å². The van der Waals surface area contributed by atoms with Crippen LogP contribution in [-0.4, -0.2) is 64.4 Å². The Morgan fingerprint density at radius 2 is 1.82 bits per heavy atom. The normalized spacial score (nSPS) is 26.5. The SMILES string of the molecule is CN(C)C(=O)/C=C/c1cc(O)c(-c2ccc(N(C)C3C[C@]4(C)CC[C@](C)(C3)N4)nn2)cc1F. The molecule has 0 radical (unpaired) electrons. The number of piperidine rings is 1. The van der Waals surface area contributed by atoms with Gasteiger partial charge in [-0.05, 0) is 69.9 Å². The number of phenols is 1. The van der Waals surface area contributed by atoms with E-state index in [1.165, 1.54) is 42.0 Å². The Bertz CT molecular complexity index is 1070. The molecule has 4 rings (SSSR count). The van der Waals surface area contributed by atoms with E-state index in [0.29, 0.717) is 11.7 Å². The first-order chi connectivity index (χ1) is 15.5. The van der Waals surface area contributed by atoms with Crippen molar-refractivity contribution in [2.45, 2.75) is 56.7 Å². The van der Waals surface area contributed by atoms with Crippen LogP contribution in [0.1, 0.15) is 45.1 Å². The summed E-state index contributed by atoms with van der Waals surface area (Å²) in [7, 11) is 5.26. The standard InChI is InChI=1S/C25H32FN5O2/c1-24-10-11-25(2,29-24)15-17(14-24)31(5)22-8-7-20(27-28-22)18-13-19(26)16(12-21(18)32)6-9-23(33)30(3)4/h6-9,12-13,17,29,32H,10-11,14-15H2,1-5H3/b9-6+/t17?,24-,25+. The van der Waals surface area contributed by atoms with Crippen molar-refractivity contribution in [3.8, 4) is 17.0 Å². The number of hydrogen-bond acceptors (Lipinski definition) is 6. The molecule has 2 aromatic rings. The lowest BCUT2D eigenvalue weighted by Gasteiger charge is -2.45. The summed E-state index contributed by atoms with van der Waals surface area (Å²) in [6, 6.07) is 6.47. The number of aromatic nitrogens is 2. The van der Waals surface area contributed by atoms with Crippen LogP contribution < -0.4 is 10.2 Å². The Morgan fingerprint density at radius 3 is 2.39 bits per heavy atom. The van der Waals surface area contributed by atoms with Gasteiger partial charge in [0.2, 0.25) is 5.91 Å². The highest BCUT2D eigenvalue weighted by Gasteiger charge is 2.49. The molecule has 33 heavy (non-hydrogen) atoms. The predicted octanol–water partition coefficient (Wildman–Crippen LogP) is 3.59. The molecule has 1 aromatic carbocycles. The molecule has 8 heteroatoms. The van der Waals surface area contributed by atoms with Crippen molar-refractivity contribution >= 4 is 17.8 Å². The number of likely N-dealkylation sites (N-methyl/N-ethyl adjacent to an activating group) is 1. The third kappa shape index (κ3) is 4.71. The molecule has 0 saturated carbocycles. The average Bonchev–Trinajstić information content (AvgIpc) is 2.99. The summed E-state index contributed by atoms with van der Waals surface area (Å²) in [5.74, 6) is -0.202. The first kappa shape index (κ1) is 23.2. The van der Waals surface area contributed by atoms with Gasteiger partial charge in [-0.25, -0.2) is 4.39 Å². The minimum Gasteiger partial charge on any atom is -0.507 e. The number of hydrogen-bond donors (Lipinski definition) is 2. The Morgan fingerprint density at radius 1 is 1.15 bits per heavy atom. The lowest BCUT2D eigenvalue weighted by Crippen LogP contribution is -2.58. The molecule has 2 aliphatic rings. The van der Waals surface area contributed by atoms with Crippen LogP contribution in [0.25, 0.3) is 17.3 Å². The third-order valence-corrected chi connectivity index (χ3v) is 7.00. The Hall–Kier alpha value is -3.00. The van der Waals surface area contributed by atoms with Crippen LogP contribution in [0.3, 0.4) is 0 Å². The van der Waals surface area contributed by atoms with Gasteiger partial charge in [0.1, 0.15) is 11.6 Å². The predicted molar refractivity (Wildman–Crippen MR) is 127 cm³/mol. The second kappa shape index (κ2) is 8.41. The van der Waals surface area contributed by atoms with Gasteiger partial charge in [-0.15, -0.1) is 10.2 Å². The van der Waals surface area contributed by atoms with Crippen LogP contribution in [0.15, 0.2) is 30.3 Å². The zero-order valence-corrected chi connectivity index (χ0v) is 19.9. The van der Waals surface area contributed by atoms with E-state index in [1.807, 2.05) is 13.1 Å². The summed E-state index contributed by atoms with van der Waals surface area (Å²) in [5.41, 5.74) is 1.06. The van der Waals surface area contributed by atoms with Crippen LogP contribution in [0.5, 0.6) is 5.75 Å². The second-order valence-corrected chi connectivity index (χ2v) is 10.2. The van der Waals surface area contributed by atoms with Gasteiger partial charge in [0.15, 0.2) is 5.82 Å². The minimum atomic E-state index is -0.555. The molecule has 3 atom stereocenters. The number of benzene rings is 1. The summed E-state index contributed by atoms with van der Waals surface area (Å²) in [4.78, 5) is 15.3. The van der Waals surface area contributed by atoms with Gasteiger partial charge in [-0.1, -0.05) is 0 Å². The lowest BCUT2D eigenvalue weighted by molar-refractivity contribution is -0.123. The maximum Gasteiger partial charge on any atom is 0.246 e. The van der Waals surface area contributed by atoms with Gasteiger partial charge in [0, 0.05) is 55.5 Å². The average molecular weight is 454 g/mol. The van der Waals surface area contributed by atoms with Crippen molar-refractivity contribution in [1.82, 2.24) is 20.4 Å². The summed E-state index contributed by atoms with van der Waals surface area (Å²) in [6.45, 7) is 4.58. The molecule has 3 heterocycles. The number of nitrogens with one attached hydrogen (secondary N) is 1. The number of carbonyl (C=O) groups excluding carboxylic acids is 1. The third-order valence-electron chi connectivity index (χ3n) is 7.00. The van der Waals surface area contributed by atoms with Crippen molar-refractivity contribution in [3.63, 3.8) is 0 Å². The highest BCUT2D eigenvalue weighted by molar-refractivity contribution is 5.91. The number of anilines is 1. The largest absolute Gasteiger partial charge is 0.507 e. The number of aromatic hydroxyl groups is 1. The van der Waals surface area contributed by atoms with Gasteiger partial charge in [-0.3, -0.25) is 4.79 Å². The van der Waals surface area contributed by atoms with Gasteiger partial charge in [0.25, 0.3) is 0 Å². The van der Waals surface area contributed by atoms with Gasteiger partial charge in [-0.2, -0.15) is 0 Å². The van der Waals surface area contributed by atoms with E-state index in [9.17, 15) is 14.3 Å². The maximum atomic E-state index is 14.6. The number of phenolic OH excluding ortho intramolecular Hbond substituents is 1. The number of nitrogens with zero attached hydrogens (tertiary/aromatic N) is 4. The quantitative estimate of drug-likeness (QED) is 0.674. The highest BCUT2D eigenvalue weighted by Crippen LogP contribution is 2.43. The number of carbonyl (C=O) groups is 1. The van der Waals surface area contributed by atoms with Crippen LogP contribution in [0.4, 0.5) is 10.2 Å². The van der Waals surface area contributed by atoms with E-state index in [-0.39, 0.29) is 33.9 Å². The number of rotatable bonds is 5. The molecule has 7 nitrogen and oxygen atoms in total. The smallest absolute Gasteiger partial charge is 0.246 e. The van der Waals surface area contributed by atoms with Crippen LogP contribution >= 0.6 is 0 Å². The fourth-order valence-electron chi connectivity index (χ4n) is 5.16. The first-order valence-corrected chi connectivity index (χ1v) is 11.3. The van der Waals surface area contributed by atoms with E-state index in [0.717, 1.165) is 18.7 Å². The Kier molecular flexibility index (Phi) is 5.90. The van der Waals surface area contributed by atoms with Crippen molar-refractivity contribution in [2.24, 2.45) is 0 Å². The summed E-state index contributed by atoms with van der Waals surface area (Å²) >= 11 is 0. The molecule has 2 bridgehead atoms. The van der Waals surface area contributed by atoms with E-state index in [4.69, 9.17) is 0 Å². The maximum absolute atomic E-state index is 14.6. The molecule has 1 unspecified atom stereocenters. The fraction of sp³-hybridized carbons (Fsp3) is 0.480. The number of fused-ring (bicyclic) bond motifs is 2. The topological polar surface area (TPSA) is 81.6 Å². The van der Waals surface area contributed by atoms with Crippen molar-refractivity contribution in [3.05, 3.63) is 41.7 Å². The molecule has 0 spiro atoms. The monoisotopic (exact) mass is 453 g/mol. The Labute approximate surface area is 194 Å². The molecule has 2 saturated heterocycles. The van der Waals surface area contributed by atoms with E-state index in [2.05, 4.69) is 34.3 Å². The molecule has 0 aliphatic carbocycles. The number of halogens is 1. The molecule has 2 fully saturated rings. The van der Waals surface area contributed by atoms with Crippen LogP contribution in [0.2, 0.25) is 0 Å². The van der Waals surface area contributed by atoms with E-state index in [1.54, 1.807) is 20.2 Å². The summed E-state index contributed by atoms with van der Waals surface area (Å²) in [5, 5.41) is 22.9. The molecule has 2 N–H and O–H groups in total. The fourth-order valence-corrected chi connectivity index (χ4v) is 5.16. The molecule has 1 aromatic heterocycles. The van der Waals surface area contributed by atoms with Crippen molar-refractivity contribution in [2.75, 3.05) is 26.0 Å². The van der Waals surface area contributed by atoms with Crippen molar-refractivity contribution in [1.29, 1.82) is 0 Å². The van der Waals surface area contributed by atoms with E-state index >= 15 is 0 Å². The highest BCUT2D eigenvalue weighted by atomic mass is 19.1. The second-order valence-electron chi connectivity index (χ2n) is 10.2. The first-order valence-electron chi connectivity index (χ1n) is 11.3. The summed E-state index contributed by atoms with van der Waals surface area (Å²) < 4.78 is 14.6. The Balaban J connectivity index is 1.52. The molecular weight excluding hydrogens is 421 g/mol. The minimum absolute atomic E-state index is 0.123. The molecular formula is C25H32FN5O2.